The van der Waals surface area contributed by atoms with Crippen LogP contribution in [0, 0.1) is 6.92 Å². The predicted octanol–water partition coefficient (Wildman–Crippen LogP) is 3.41. The number of benzene rings is 1. The lowest BCUT2D eigenvalue weighted by Gasteiger charge is -2.20. The van der Waals surface area contributed by atoms with Gasteiger partial charge in [-0.15, -0.1) is 10.2 Å². The maximum Gasteiger partial charge on any atom is 0.295 e. The lowest BCUT2D eigenvalue weighted by atomic mass is 10.0. The van der Waals surface area contributed by atoms with Crippen LogP contribution in [0.4, 0.5) is 14.6 Å². The summed E-state index contributed by atoms with van der Waals surface area (Å²) in [4.78, 5) is 9.15. The van der Waals surface area contributed by atoms with Crippen LogP contribution in [0.2, 0.25) is 0 Å². The lowest BCUT2D eigenvalue weighted by Crippen LogP contribution is -2.19. The van der Waals surface area contributed by atoms with Crippen LogP contribution in [-0.4, -0.2) is 55.6 Å². The van der Waals surface area contributed by atoms with Crippen LogP contribution in [0.15, 0.2) is 36.7 Å². The number of aromatic nitrogens is 5. The Morgan fingerprint density at radius 3 is 2.91 bits per heavy atom. The van der Waals surface area contributed by atoms with Gasteiger partial charge in [-0.2, -0.15) is 8.78 Å². The molecular formula is C23H24F2N6O3. The molecule has 3 aromatic heterocycles. The number of hydrogen-bond acceptors (Lipinski definition) is 8. The molecule has 0 bridgehead atoms. The van der Waals surface area contributed by atoms with E-state index in [1.807, 2.05) is 13.0 Å². The molecule has 4 aromatic rings. The van der Waals surface area contributed by atoms with Gasteiger partial charge in [0.05, 0.1) is 18.6 Å². The van der Waals surface area contributed by atoms with Crippen molar-refractivity contribution in [3.8, 4) is 5.75 Å². The molecule has 11 heteroatoms. The minimum atomic E-state index is -3.32. The third-order valence-electron chi connectivity index (χ3n) is 5.85. The van der Waals surface area contributed by atoms with Gasteiger partial charge in [-0.3, -0.25) is 4.40 Å². The number of aliphatic hydroxyl groups excluding tert-OH is 1. The first-order chi connectivity index (χ1) is 16.4. The van der Waals surface area contributed by atoms with Gasteiger partial charge in [-0.1, -0.05) is 18.2 Å². The van der Waals surface area contributed by atoms with E-state index in [1.165, 1.54) is 12.1 Å². The first kappa shape index (κ1) is 22.4. The van der Waals surface area contributed by atoms with Crippen molar-refractivity contribution >= 4 is 22.5 Å². The Morgan fingerprint density at radius 2 is 2.15 bits per heavy atom. The normalized spacial score (nSPS) is 17.4. The zero-order chi connectivity index (χ0) is 23.9. The highest BCUT2D eigenvalue weighted by molar-refractivity contribution is 5.91. The molecule has 2 N–H and O–H groups in total. The van der Waals surface area contributed by atoms with Gasteiger partial charge in [0.15, 0.2) is 11.4 Å². The Balaban J connectivity index is 1.55. The summed E-state index contributed by atoms with van der Waals surface area (Å²) in [5, 5.41) is 21.3. The molecule has 9 nitrogen and oxygen atoms in total. The molecule has 0 amide bonds. The van der Waals surface area contributed by atoms with Gasteiger partial charge in [-0.25, -0.2) is 9.97 Å². The summed E-state index contributed by atoms with van der Waals surface area (Å²) >= 11 is 0. The van der Waals surface area contributed by atoms with Gasteiger partial charge in [0.25, 0.3) is 5.92 Å². The number of nitrogens with one attached hydrogen (secondary N) is 1. The van der Waals surface area contributed by atoms with Crippen LogP contribution in [-0.2, 0) is 10.7 Å². The van der Waals surface area contributed by atoms with Crippen molar-refractivity contribution in [1.82, 2.24) is 24.6 Å². The molecule has 0 spiro atoms. The molecule has 34 heavy (non-hydrogen) atoms. The van der Waals surface area contributed by atoms with E-state index in [1.54, 1.807) is 29.8 Å². The highest BCUT2D eigenvalue weighted by atomic mass is 19.3. The van der Waals surface area contributed by atoms with Gasteiger partial charge < -0.3 is 19.9 Å². The smallest absolute Gasteiger partial charge is 0.295 e. The molecule has 1 unspecified atom stereocenters. The van der Waals surface area contributed by atoms with Gasteiger partial charge in [0.2, 0.25) is 5.65 Å². The first-order valence-corrected chi connectivity index (χ1v) is 11.0. The molecule has 2 atom stereocenters. The van der Waals surface area contributed by atoms with Crippen LogP contribution in [0.5, 0.6) is 5.75 Å². The molecule has 1 aliphatic heterocycles. The zero-order valence-corrected chi connectivity index (χ0v) is 18.7. The standard InChI is InChI=1S/C23H24F2N6O3/c1-13(15-4-3-5-16(8-15)23(24,25)11-32)27-20-18-9-19(34-17-6-7-33-10-17)22-30-26-12-31(22)21(18)29-14(2)28-20/h3-5,8-9,12-13,17,32H,6-7,10-11H2,1-2H3,(H,27,28,29)/t13?,17-/m0/s1. The quantitative estimate of drug-likeness (QED) is 0.423. The average Bonchev–Trinajstić information content (AvgIpc) is 3.52. The molecule has 1 saturated heterocycles. The van der Waals surface area contributed by atoms with Crippen molar-refractivity contribution in [2.45, 2.75) is 38.3 Å². The Morgan fingerprint density at radius 1 is 1.29 bits per heavy atom. The molecule has 0 aliphatic carbocycles. The maximum atomic E-state index is 14.0. The molecule has 1 aromatic carbocycles. The molecule has 4 heterocycles. The van der Waals surface area contributed by atoms with Gasteiger partial charge in [0, 0.05) is 18.0 Å². The average molecular weight is 470 g/mol. The number of aryl methyl sites for hydroxylation is 1. The number of anilines is 1. The van der Waals surface area contributed by atoms with Crippen molar-refractivity contribution in [2.75, 3.05) is 25.1 Å². The van der Waals surface area contributed by atoms with E-state index in [0.29, 0.717) is 52.8 Å². The van der Waals surface area contributed by atoms with Gasteiger partial charge in [0.1, 0.15) is 30.7 Å². The predicted molar refractivity (Wildman–Crippen MR) is 120 cm³/mol. The van der Waals surface area contributed by atoms with E-state index in [4.69, 9.17) is 14.6 Å². The molecule has 5 rings (SSSR count). The molecule has 1 fully saturated rings. The highest BCUT2D eigenvalue weighted by Crippen LogP contribution is 2.33. The summed E-state index contributed by atoms with van der Waals surface area (Å²) in [7, 11) is 0. The lowest BCUT2D eigenvalue weighted by molar-refractivity contribution is -0.0556. The fraction of sp³-hybridized carbons (Fsp3) is 0.391. The third-order valence-corrected chi connectivity index (χ3v) is 5.85. The van der Waals surface area contributed by atoms with E-state index >= 15 is 0 Å². The summed E-state index contributed by atoms with van der Waals surface area (Å²) in [6.07, 6.45) is 2.26. The molecular weight excluding hydrogens is 446 g/mol. The number of halogens is 2. The van der Waals surface area contributed by atoms with E-state index in [0.717, 1.165) is 6.42 Å². The Labute approximate surface area is 193 Å². The number of nitrogens with zero attached hydrogens (tertiary/aromatic N) is 5. The number of hydrogen-bond donors (Lipinski definition) is 2. The zero-order valence-electron chi connectivity index (χ0n) is 18.7. The minimum absolute atomic E-state index is 0.0874. The van der Waals surface area contributed by atoms with Crippen LogP contribution < -0.4 is 10.1 Å². The SMILES string of the molecule is Cc1nc(NC(C)c2cccc(C(F)(F)CO)c2)c2cc(O[C@H]3CCOC3)c3nncn3c2n1. The van der Waals surface area contributed by atoms with Crippen molar-refractivity contribution in [3.63, 3.8) is 0 Å². The Hall–Kier alpha value is -3.44. The van der Waals surface area contributed by atoms with E-state index < -0.39 is 12.5 Å². The second-order valence-corrected chi connectivity index (χ2v) is 8.35. The fourth-order valence-corrected chi connectivity index (χ4v) is 4.03. The molecule has 0 saturated carbocycles. The van der Waals surface area contributed by atoms with Gasteiger partial charge in [-0.05, 0) is 31.5 Å². The summed E-state index contributed by atoms with van der Waals surface area (Å²) < 4.78 is 41.4. The number of pyridine rings is 1. The maximum absolute atomic E-state index is 14.0. The monoisotopic (exact) mass is 470 g/mol. The topological polar surface area (TPSA) is 107 Å². The van der Waals surface area contributed by atoms with Crippen LogP contribution in [0.25, 0.3) is 16.7 Å². The van der Waals surface area contributed by atoms with Crippen LogP contribution >= 0.6 is 0 Å². The summed E-state index contributed by atoms with van der Waals surface area (Å²) in [5.41, 5.74) is 1.51. The van der Waals surface area contributed by atoms with E-state index in [2.05, 4.69) is 25.5 Å². The van der Waals surface area contributed by atoms with E-state index in [-0.39, 0.29) is 17.7 Å². The first-order valence-electron chi connectivity index (χ1n) is 11.0. The second-order valence-electron chi connectivity index (χ2n) is 8.35. The molecule has 1 aliphatic rings. The van der Waals surface area contributed by atoms with E-state index in [9.17, 15) is 8.78 Å². The Bertz CT molecular complexity index is 1340. The van der Waals surface area contributed by atoms with Crippen LogP contribution in [0.1, 0.15) is 36.3 Å². The molecule has 178 valence electrons. The number of aliphatic hydroxyl groups is 1. The summed E-state index contributed by atoms with van der Waals surface area (Å²) in [5.74, 6) is -1.73. The number of rotatable bonds is 7. The third kappa shape index (κ3) is 4.12. The number of ether oxygens (including phenoxy) is 2. The van der Waals surface area contributed by atoms with Crippen molar-refractivity contribution < 1.29 is 23.4 Å². The fourth-order valence-electron chi connectivity index (χ4n) is 4.03. The highest BCUT2D eigenvalue weighted by Gasteiger charge is 2.31. The number of alkyl halides is 2. The van der Waals surface area contributed by atoms with Crippen molar-refractivity contribution in [1.29, 1.82) is 0 Å². The summed E-state index contributed by atoms with van der Waals surface area (Å²) in [6, 6.07) is 7.44. The van der Waals surface area contributed by atoms with Crippen molar-refractivity contribution in [3.05, 3.63) is 53.6 Å². The molecule has 0 radical (unpaired) electrons. The van der Waals surface area contributed by atoms with Crippen molar-refractivity contribution in [2.24, 2.45) is 0 Å². The Kier molecular flexibility index (Phi) is 5.74. The largest absolute Gasteiger partial charge is 0.484 e. The second kappa shape index (κ2) is 8.73. The minimum Gasteiger partial charge on any atom is -0.484 e. The summed E-state index contributed by atoms with van der Waals surface area (Å²) in [6.45, 7) is 3.51. The van der Waals surface area contributed by atoms with Gasteiger partial charge >= 0.3 is 0 Å². The van der Waals surface area contributed by atoms with Crippen LogP contribution in [0.3, 0.4) is 0 Å². The number of fused-ring (bicyclic) bond motifs is 3.